The molecule has 0 atom stereocenters. The Morgan fingerprint density at radius 1 is 0.333 bits per heavy atom. The van der Waals surface area contributed by atoms with Crippen molar-refractivity contribution in [1.82, 2.24) is 0 Å². The van der Waals surface area contributed by atoms with Crippen molar-refractivity contribution >= 4 is 43.5 Å². The molecule has 0 amide bonds. The van der Waals surface area contributed by atoms with Crippen LogP contribution in [0.5, 0.6) is 0 Å². The summed E-state index contributed by atoms with van der Waals surface area (Å²) in [4.78, 5) is 0. The molecule has 0 radical (unpaired) electrons. The molecule has 0 N–H and O–H groups in total. The lowest BCUT2D eigenvalue weighted by molar-refractivity contribution is 0.669. The Kier molecular flexibility index (Phi) is 3.39. The zero-order valence-electron chi connectivity index (χ0n) is 38.4. The normalized spacial score (nSPS) is 16.2. The Morgan fingerprint density at radius 3 is 1.51 bits per heavy atom. The van der Waals surface area contributed by atoms with E-state index in [2.05, 4.69) is 0 Å². The highest BCUT2D eigenvalue weighted by Gasteiger charge is 2.16. The first-order chi connectivity index (χ1) is 28.6. The van der Waals surface area contributed by atoms with Gasteiger partial charge in [0.05, 0.1) is 20.6 Å². The molecule has 0 fully saturated rings. The molecule has 1 heterocycles. The maximum atomic E-state index is 9.41. The number of furan rings is 1. The molecule has 0 saturated carbocycles. The lowest BCUT2D eigenvalue weighted by atomic mass is 9.86. The fourth-order valence-corrected chi connectivity index (χ4v) is 5.89. The van der Waals surface area contributed by atoms with Gasteiger partial charge >= 0.3 is 0 Å². The molecule has 45 heavy (non-hydrogen) atoms. The van der Waals surface area contributed by atoms with Gasteiger partial charge in [0.1, 0.15) is 11.2 Å². The second-order valence-electron chi connectivity index (χ2n) is 10.5. The fourth-order valence-electron chi connectivity index (χ4n) is 5.89. The molecular weight excluding hydrogens is 544 g/mol. The lowest BCUT2D eigenvalue weighted by Crippen LogP contribution is -1.90. The predicted octanol–water partition coefficient (Wildman–Crippen LogP) is 12.6. The van der Waals surface area contributed by atoms with Gasteiger partial charge in [-0.25, -0.2) is 0 Å². The Labute approximate surface area is 282 Å². The van der Waals surface area contributed by atoms with Crippen molar-refractivity contribution in [2.75, 3.05) is 0 Å². The van der Waals surface area contributed by atoms with Crippen LogP contribution in [0.3, 0.4) is 0 Å². The van der Waals surface area contributed by atoms with E-state index in [1.165, 1.54) is 0 Å². The van der Waals surface area contributed by atoms with Crippen LogP contribution < -0.4 is 0 Å². The molecule has 9 rings (SSSR count). The van der Waals surface area contributed by atoms with Crippen molar-refractivity contribution in [2.24, 2.45) is 0 Å². The van der Waals surface area contributed by atoms with Crippen LogP contribution in [0.1, 0.15) is 20.6 Å². The van der Waals surface area contributed by atoms with Crippen LogP contribution >= 0.6 is 0 Å². The third kappa shape index (κ3) is 4.24. The van der Waals surface area contributed by atoms with Gasteiger partial charge in [0.2, 0.25) is 0 Å². The predicted molar refractivity (Wildman–Crippen MR) is 190 cm³/mol. The number of rotatable bonds is 4. The third-order valence-corrected chi connectivity index (χ3v) is 7.88. The van der Waals surface area contributed by atoms with Gasteiger partial charge in [-0.1, -0.05) is 145 Å². The van der Waals surface area contributed by atoms with Crippen molar-refractivity contribution in [3.63, 3.8) is 0 Å². The largest absolute Gasteiger partial charge is 0.456 e. The van der Waals surface area contributed by atoms with Crippen LogP contribution in [0.4, 0.5) is 0 Å². The van der Waals surface area contributed by atoms with Gasteiger partial charge in [0.25, 0.3) is 0 Å². The van der Waals surface area contributed by atoms with Crippen LogP contribution in [0.25, 0.3) is 88.0 Å². The molecule has 210 valence electrons. The van der Waals surface area contributed by atoms with E-state index in [1.807, 2.05) is 78.9 Å². The first-order valence-electron chi connectivity index (χ1n) is 21.7. The topological polar surface area (TPSA) is 13.1 Å². The maximum absolute atomic E-state index is 9.41. The van der Waals surface area contributed by atoms with Gasteiger partial charge in [0.15, 0.2) is 0 Å². The quantitative estimate of drug-likeness (QED) is 0.187. The highest BCUT2D eigenvalue weighted by Crippen LogP contribution is 2.44. The number of benzene rings is 8. The van der Waals surface area contributed by atoms with E-state index < -0.39 is 124 Å². The van der Waals surface area contributed by atoms with Crippen molar-refractivity contribution in [2.45, 2.75) is 0 Å². The fraction of sp³-hybridized carbons (Fsp3) is 0. The van der Waals surface area contributed by atoms with Crippen LogP contribution in [-0.4, -0.2) is 0 Å². The third-order valence-electron chi connectivity index (χ3n) is 7.88. The minimum atomic E-state index is -0.724. The molecule has 8 aromatic carbocycles. The minimum Gasteiger partial charge on any atom is -0.456 e. The highest BCUT2D eigenvalue weighted by atomic mass is 16.3. The minimum absolute atomic E-state index is 0.00409. The monoisotopic (exact) mass is 587 g/mol. The molecule has 0 unspecified atom stereocenters. The summed E-state index contributed by atoms with van der Waals surface area (Å²) < 4.78 is 139. The molecular formula is C44H28O. The average Bonchev–Trinajstić information content (AvgIpc) is 3.67. The van der Waals surface area contributed by atoms with E-state index in [0.717, 1.165) is 21.9 Å². The second kappa shape index (κ2) is 10.4. The summed E-state index contributed by atoms with van der Waals surface area (Å²) in [6.45, 7) is 0. The summed E-state index contributed by atoms with van der Waals surface area (Å²) in [5.41, 5.74) is -0.436. The van der Waals surface area contributed by atoms with Gasteiger partial charge in [-0.15, -0.1) is 0 Å². The molecule has 0 bridgehead atoms. The molecule has 1 heteroatoms. The SMILES string of the molecule is [2H]c1c([2H])c([2H])c(-c2c([2H])c([2H])c3oc4c([2H])c(-c5c([2H])c([2H])c(-c6c7ccccc7c(-c7ccccc7)c7ccccc67)c([2H])c5[2H])c([2H])c([2H])c4c3c2[2H])c([2H])c1[2H]. The van der Waals surface area contributed by atoms with Crippen LogP contribution in [0.15, 0.2) is 174 Å². The Hall–Kier alpha value is -5.92. The van der Waals surface area contributed by atoms with Crippen molar-refractivity contribution < 1.29 is 25.0 Å². The second-order valence-corrected chi connectivity index (χ2v) is 10.5. The molecule has 0 aliphatic carbocycles. The lowest BCUT2D eigenvalue weighted by Gasteiger charge is -2.18. The average molecular weight is 588 g/mol. The Balaban J connectivity index is 1.33. The highest BCUT2D eigenvalue weighted by molar-refractivity contribution is 6.21. The molecule has 1 aromatic heterocycles. The van der Waals surface area contributed by atoms with Gasteiger partial charge in [0, 0.05) is 10.8 Å². The molecule has 0 aliphatic rings. The van der Waals surface area contributed by atoms with Crippen molar-refractivity contribution in [3.8, 4) is 44.5 Å². The van der Waals surface area contributed by atoms with Crippen molar-refractivity contribution in [1.29, 1.82) is 0 Å². The van der Waals surface area contributed by atoms with E-state index in [9.17, 15) is 6.85 Å². The first kappa shape index (κ1) is 14.7. The van der Waals surface area contributed by atoms with Crippen LogP contribution in [-0.2, 0) is 0 Å². The Morgan fingerprint density at radius 2 is 0.844 bits per heavy atom. The van der Waals surface area contributed by atoms with Gasteiger partial charge in [-0.3, -0.25) is 0 Å². The zero-order chi connectivity index (χ0) is 42.8. The molecule has 0 aliphatic heterocycles. The van der Waals surface area contributed by atoms with Crippen LogP contribution in [0, 0.1) is 0 Å². The number of hydrogen-bond donors (Lipinski definition) is 0. The van der Waals surface area contributed by atoms with Gasteiger partial charge in [-0.2, -0.15) is 0 Å². The van der Waals surface area contributed by atoms with E-state index in [1.54, 1.807) is 0 Å². The van der Waals surface area contributed by atoms with Crippen molar-refractivity contribution in [3.05, 3.63) is 169 Å². The molecule has 0 spiro atoms. The summed E-state index contributed by atoms with van der Waals surface area (Å²) >= 11 is 0. The molecule has 0 saturated heterocycles. The van der Waals surface area contributed by atoms with E-state index in [0.29, 0.717) is 16.3 Å². The molecule has 9 aromatic rings. The number of fused-ring (bicyclic) bond motifs is 5. The van der Waals surface area contributed by atoms with E-state index in [-0.39, 0.29) is 16.3 Å². The van der Waals surface area contributed by atoms with Crippen LogP contribution in [0.2, 0.25) is 0 Å². The van der Waals surface area contributed by atoms with Gasteiger partial charge < -0.3 is 4.42 Å². The van der Waals surface area contributed by atoms with E-state index in [4.69, 9.17) is 18.1 Å². The van der Waals surface area contributed by atoms with E-state index >= 15 is 0 Å². The zero-order valence-corrected chi connectivity index (χ0v) is 23.4. The van der Waals surface area contributed by atoms with Gasteiger partial charge in [-0.05, 0) is 90.2 Å². The number of hydrogen-bond acceptors (Lipinski definition) is 1. The Bertz CT molecular complexity index is 3260. The summed E-state index contributed by atoms with van der Waals surface area (Å²) in [7, 11) is 0. The summed E-state index contributed by atoms with van der Waals surface area (Å²) in [5.74, 6) is 0. The smallest absolute Gasteiger partial charge is 0.136 e. The summed E-state index contributed by atoms with van der Waals surface area (Å²) in [5, 5.41) is 2.39. The maximum Gasteiger partial charge on any atom is 0.136 e. The summed E-state index contributed by atoms with van der Waals surface area (Å²) in [6, 6.07) is 15.2. The molecule has 1 nitrogen and oxygen atoms in total. The first-order valence-corrected chi connectivity index (χ1v) is 14.2. The summed E-state index contributed by atoms with van der Waals surface area (Å²) in [6.07, 6.45) is 0. The standard InChI is InChI=1S/C44H28O/c1-3-11-29(12-4-1)33-24-26-41-40(27-33)35-25-23-34(28-42(35)45-41)30-19-21-32(22-20-30)44-38-17-9-7-15-36(38)43(31-13-5-2-6-14-31)37-16-8-10-18-39(37)44/h1-28H/i1D,3D,4D,11D,12D,19D,20D,21D,22D,23D,24D,25D,26D,27D,28D.